The number of hydrogen-bond acceptors (Lipinski definition) is 3. The molecule has 0 aliphatic heterocycles. The molecule has 0 aliphatic carbocycles. The number of nitrogens with zero attached hydrogens (tertiary/aromatic N) is 2. The first-order chi connectivity index (χ1) is 8.96. The molecule has 2 N–H and O–H groups in total. The Morgan fingerprint density at radius 1 is 1.26 bits per heavy atom. The molecule has 0 saturated heterocycles. The maximum atomic E-state index is 12.5. The minimum absolute atomic E-state index is 0.252. The van der Waals surface area contributed by atoms with Gasteiger partial charge in [0, 0.05) is 32.5 Å². The molecule has 0 radical (unpaired) electrons. The van der Waals surface area contributed by atoms with E-state index in [2.05, 4.69) is 0 Å². The summed E-state index contributed by atoms with van der Waals surface area (Å²) in [5.74, 6) is 0. The van der Waals surface area contributed by atoms with E-state index >= 15 is 0 Å². The van der Waals surface area contributed by atoms with Crippen LogP contribution in [0.15, 0.2) is 47.5 Å². The van der Waals surface area contributed by atoms with E-state index in [1.165, 1.54) is 4.31 Å². The maximum Gasteiger partial charge on any atom is 0.265 e. The first kappa shape index (κ1) is 13.6. The lowest BCUT2D eigenvalue weighted by Gasteiger charge is -2.18. The van der Waals surface area contributed by atoms with Crippen LogP contribution in [0.1, 0.15) is 5.69 Å². The van der Waals surface area contributed by atoms with E-state index in [1.54, 1.807) is 55.2 Å². The van der Waals surface area contributed by atoms with Gasteiger partial charge in [0.25, 0.3) is 10.0 Å². The molecule has 2 rings (SSSR count). The highest BCUT2D eigenvalue weighted by atomic mass is 32.2. The van der Waals surface area contributed by atoms with Gasteiger partial charge in [0.05, 0.1) is 5.69 Å². The van der Waals surface area contributed by atoms with E-state index in [-0.39, 0.29) is 4.90 Å². The third kappa shape index (κ3) is 2.50. The van der Waals surface area contributed by atoms with Crippen molar-refractivity contribution in [3.8, 4) is 0 Å². The standard InChI is InChI=1S/C13H17N3O2S/c1-15-10-13(8-12(15)9-14)19(17,18)16(2)11-6-4-3-5-7-11/h3-8,10H,9,14H2,1-2H3. The van der Waals surface area contributed by atoms with Crippen LogP contribution in [0.4, 0.5) is 5.69 Å². The minimum Gasteiger partial charge on any atom is -0.352 e. The van der Waals surface area contributed by atoms with Gasteiger partial charge in [-0.15, -0.1) is 0 Å². The van der Waals surface area contributed by atoms with Gasteiger partial charge in [-0.25, -0.2) is 8.42 Å². The van der Waals surface area contributed by atoms with Crippen molar-refractivity contribution < 1.29 is 8.42 Å². The van der Waals surface area contributed by atoms with Crippen molar-refractivity contribution in [3.63, 3.8) is 0 Å². The Balaban J connectivity index is 2.42. The maximum absolute atomic E-state index is 12.5. The van der Waals surface area contributed by atoms with E-state index in [9.17, 15) is 8.42 Å². The Labute approximate surface area is 113 Å². The van der Waals surface area contributed by atoms with Crippen molar-refractivity contribution in [3.05, 3.63) is 48.3 Å². The van der Waals surface area contributed by atoms with Gasteiger partial charge in [-0.2, -0.15) is 0 Å². The number of benzene rings is 1. The molecule has 0 fully saturated rings. The average Bonchev–Trinajstić information content (AvgIpc) is 2.81. The molecular weight excluding hydrogens is 262 g/mol. The van der Waals surface area contributed by atoms with Crippen LogP contribution in [0, 0.1) is 0 Å². The second-order valence-corrected chi connectivity index (χ2v) is 6.26. The number of nitrogens with two attached hydrogens (primary N) is 1. The molecule has 0 spiro atoms. The molecule has 0 aliphatic rings. The summed E-state index contributed by atoms with van der Waals surface area (Å²) in [5.41, 5.74) is 6.97. The fourth-order valence-corrected chi connectivity index (χ4v) is 3.15. The van der Waals surface area contributed by atoms with Crippen molar-refractivity contribution in [1.82, 2.24) is 4.57 Å². The van der Waals surface area contributed by atoms with Gasteiger partial charge in [-0.3, -0.25) is 4.31 Å². The minimum atomic E-state index is -3.55. The number of rotatable bonds is 4. The third-order valence-electron chi connectivity index (χ3n) is 3.07. The first-order valence-electron chi connectivity index (χ1n) is 5.86. The summed E-state index contributed by atoms with van der Waals surface area (Å²) < 4.78 is 28.0. The number of aryl methyl sites for hydroxylation is 1. The van der Waals surface area contributed by atoms with E-state index in [0.717, 1.165) is 5.69 Å². The van der Waals surface area contributed by atoms with Crippen LogP contribution in [0.5, 0.6) is 0 Å². The zero-order valence-electron chi connectivity index (χ0n) is 10.9. The predicted molar refractivity (Wildman–Crippen MR) is 75.3 cm³/mol. The molecular formula is C13H17N3O2S. The fraction of sp³-hybridized carbons (Fsp3) is 0.231. The first-order valence-corrected chi connectivity index (χ1v) is 7.30. The topological polar surface area (TPSA) is 68.3 Å². The lowest BCUT2D eigenvalue weighted by Crippen LogP contribution is -2.26. The van der Waals surface area contributed by atoms with E-state index in [1.807, 2.05) is 6.07 Å². The van der Waals surface area contributed by atoms with Crippen LogP contribution in [0.25, 0.3) is 0 Å². The normalized spacial score (nSPS) is 11.5. The van der Waals surface area contributed by atoms with Crippen molar-refractivity contribution in [2.45, 2.75) is 11.4 Å². The van der Waals surface area contributed by atoms with Gasteiger partial charge in [0.2, 0.25) is 0 Å². The van der Waals surface area contributed by atoms with Crippen molar-refractivity contribution in [2.75, 3.05) is 11.4 Å². The zero-order valence-corrected chi connectivity index (χ0v) is 11.8. The van der Waals surface area contributed by atoms with Gasteiger partial charge in [0.15, 0.2) is 0 Å². The highest BCUT2D eigenvalue weighted by Crippen LogP contribution is 2.22. The van der Waals surface area contributed by atoms with Crippen LogP contribution in [0.3, 0.4) is 0 Å². The summed E-state index contributed by atoms with van der Waals surface area (Å²) in [4.78, 5) is 0.252. The van der Waals surface area contributed by atoms with Gasteiger partial charge >= 0.3 is 0 Å². The third-order valence-corrected chi connectivity index (χ3v) is 4.82. The van der Waals surface area contributed by atoms with Crippen LogP contribution in [-0.4, -0.2) is 20.0 Å². The lowest BCUT2D eigenvalue weighted by molar-refractivity contribution is 0.594. The molecule has 0 bridgehead atoms. The summed E-state index contributed by atoms with van der Waals surface area (Å²) in [5, 5.41) is 0. The summed E-state index contributed by atoms with van der Waals surface area (Å²) >= 11 is 0. The van der Waals surface area contributed by atoms with Gasteiger partial charge in [-0.1, -0.05) is 18.2 Å². The summed E-state index contributed by atoms with van der Waals surface area (Å²) in [6.07, 6.45) is 1.58. The predicted octanol–water partition coefficient (Wildman–Crippen LogP) is 1.31. The second-order valence-electron chi connectivity index (χ2n) is 4.29. The lowest BCUT2D eigenvalue weighted by atomic mass is 10.3. The second kappa shape index (κ2) is 5.07. The Kier molecular flexibility index (Phi) is 3.64. The van der Waals surface area contributed by atoms with Gasteiger partial charge in [-0.05, 0) is 18.2 Å². The summed E-state index contributed by atoms with van der Waals surface area (Å²) in [7, 11) is -0.224. The van der Waals surface area contributed by atoms with E-state index < -0.39 is 10.0 Å². The van der Waals surface area contributed by atoms with Crippen LogP contribution in [0.2, 0.25) is 0 Å². The number of aromatic nitrogens is 1. The number of hydrogen-bond donors (Lipinski definition) is 1. The van der Waals surface area contributed by atoms with Crippen molar-refractivity contribution >= 4 is 15.7 Å². The summed E-state index contributed by atoms with van der Waals surface area (Å²) in [6, 6.07) is 10.6. The zero-order chi connectivity index (χ0) is 14.0. The Morgan fingerprint density at radius 2 is 1.89 bits per heavy atom. The fourth-order valence-electron chi connectivity index (χ4n) is 1.86. The molecule has 0 atom stereocenters. The van der Waals surface area contributed by atoms with E-state index in [4.69, 9.17) is 5.73 Å². The highest BCUT2D eigenvalue weighted by molar-refractivity contribution is 7.92. The van der Waals surface area contributed by atoms with Crippen LogP contribution < -0.4 is 10.0 Å². The largest absolute Gasteiger partial charge is 0.352 e. The number of anilines is 1. The Hall–Kier alpha value is -1.79. The molecule has 5 nitrogen and oxygen atoms in total. The average molecular weight is 279 g/mol. The SMILES string of the molecule is CN(c1ccccc1)S(=O)(=O)c1cc(CN)n(C)c1. The number of para-hydroxylation sites is 1. The Bertz CT molecular complexity index is 662. The smallest absolute Gasteiger partial charge is 0.265 e. The molecule has 19 heavy (non-hydrogen) atoms. The van der Waals surface area contributed by atoms with E-state index in [0.29, 0.717) is 12.2 Å². The molecule has 0 saturated carbocycles. The number of sulfonamides is 1. The highest BCUT2D eigenvalue weighted by Gasteiger charge is 2.23. The van der Waals surface area contributed by atoms with Crippen molar-refractivity contribution in [1.29, 1.82) is 0 Å². The quantitative estimate of drug-likeness (QED) is 0.917. The van der Waals surface area contributed by atoms with Crippen LogP contribution in [-0.2, 0) is 23.6 Å². The summed E-state index contributed by atoms with van der Waals surface area (Å²) in [6.45, 7) is 0.307. The molecule has 1 aromatic carbocycles. The molecule has 6 heteroatoms. The van der Waals surface area contributed by atoms with Gasteiger partial charge in [0.1, 0.15) is 4.90 Å². The molecule has 1 aromatic heterocycles. The molecule has 0 amide bonds. The molecule has 102 valence electrons. The molecule has 2 aromatic rings. The molecule has 0 unspecified atom stereocenters. The van der Waals surface area contributed by atoms with Gasteiger partial charge < -0.3 is 10.3 Å². The Morgan fingerprint density at radius 3 is 2.42 bits per heavy atom. The van der Waals surface area contributed by atoms with Crippen LogP contribution >= 0.6 is 0 Å². The monoisotopic (exact) mass is 279 g/mol. The van der Waals surface area contributed by atoms with Crippen molar-refractivity contribution in [2.24, 2.45) is 12.8 Å². The molecule has 1 heterocycles.